The summed E-state index contributed by atoms with van der Waals surface area (Å²) in [4.78, 5) is 13.3. The molecule has 0 spiro atoms. The highest BCUT2D eigenvalue weighted by molar-refractivity contribution is 5.77. The Morgan fingerprint density at radius 2 is 2.17 bits per heavy atom. The van der Waals surface area contributed by atoms with Crippen LogP contribution in [0.2, 0.25) is 0 Å². The van der Waals surface area contributed by atoms with Crippen LogP contribution in [0.25, 0.3) is 0 Å². The van der Waals surface area contributed by atoms with Crippen molar-refractivity contribution < 1.29 is 4.79 Å². The minimum Gasteiger partial charge on any atom is -0.342 e. The van der Waals surface area contributed by atoms with Crippen molar-refractivity contribution in [2.24, 2.45) is 5.92 Å². The largest absolute Gasteiger partial charge is 0.342 e. The molecular weight excluding hydrogens is 150 g/mol. The van der Waals surface area contributed by atoms with Crippen molar-refractivity contribution in [1.29, 1.82) is 0 Å². The third-order valence-electron chi connectivity index (χ3n) is 2.46. The molecule has 0 aliphatic carbocycles. The Balaban J connectivity index is 2.33. The van der Waals surface area contributed by atoms with Gasteiger partial charge in [0.2, 0.25) is 5.91 Å². The Hall–Kier alpha value is -0.790. The maximum Gasteiger partial charge on any atom is 0.226 e. The van der Waals surface area contributed by atoms with E-state index in [1.807, 2.05) is 4.90 Å². The number of carbonyl (C=O) groups is 1. The molecule has 1 saturated heterocycles. The fourth-order valence-corrected chi connectivity index (χ4v) is 1.51. The molecule has 1 aliphatic heterocycles. The second kappa shape index (κ2) is 4.29. The molecule has 0 aromatic heterocycles. The molecule has 68 valence electrons. The van der Waals surface area contributed by atoms with E-state index in [0.29, 0.717) is 6.42 Å². The van der Waals surface area contributed by atoms with Gasteiger partial charge in [-0.15, -0.1) is 6.58 Å². The van der Waals surface area contributed by atoms with Gasteiger partial charge in [0.1, 0.15) is 0 Å². The molecule has 1 rings (SSSR count). The number of piperidine rings is 1. The third kappa shape index (κ3) is 2.36. The van der Waals surface area contributed by atoms with E-state index in [9.17, 15) is 4.79 Å². The molecule has 1 heterocycles. The molecule has 12 heavy (non-hydrogen) atoms. The van der Waals surface area contributed by atoms with E-state index >= 15 is 0 Å². The van der Waals surface area contributed by atoms with Crippen molar-refractivity contribution in [3.63, 3.8) is 0 Å². The van der Waals surface area contributed by atoms with Crippen LogP contribution in [0.3, 0.4) is 0 Å². The van der Waals surface area contributed by atoms with Crippen molar-refractivity contribution >= 4 is 5.91 Å². The smallest absolute Gasteiger partial charge is 0.226 e. The molecule has 0 bridgehead atoms. The van der Waals surface area contributed by atoms with Gasteiger partial charge in [0, 0.05) is 19.5 Å². The topological polar surface area (TPSA) is 20.3 Å². The zero-order valence-electron chi connectivity index (χ0n) is 7.75. The zero-order chi connectivity index (χ0) is 8.97. The second-order valence-corrected chi connectivity index (χ2v) is 3.56. The molecular formula is C10H17NO. The Bertz CT molecular complexity index is 169. The monoisotopic (exact) mass is 167 g/mol. The molecule has 1 fully saturated rings. The van der Waals surface area contributed by atoms with Gasteiger partial charge >= 0.3 is 0 Å². The van der Waals surface area contributed by atoms with Gasteiger partial charge in [-0.1, -0.05) is 13.0 Å². The Morgan fingerprint density at radius 3 is 2.67 bits per heavy atom. The van der Waals surface area contributed by atoms with Crippen LogP contribution in [-0.2, 0) is 4.79 Å². The summed E-state index contributed by atoms with van der Waals surface area (Å²) in [6.45, 7) is 7.68. The number of hydrogen-bond donors (Lipinski definition) is 0. The number of likely N-dealkylation sites (tertiary alicyclic amines) is 1. The van der Waals surface area contributed by atoms with E-state index in [1.165, 1.54) is 0 Å². The van der Waals surface area contributed by atoms with E-state index in [2.05, 4.69) is 13.5 Å². The summed E-state index contributed by atoms with van der Waals surface area (Å²) in [5.41, 5.74) is 0. The van der Waals surface area contributed by atoms with E-state index in [1.54, 1.807) is 6.08 Å². The standard InChI is InChI=1S/C10H17NO/c1-3-4-10(12)11-7-5-9(2)6-8-11/h3,9H,1,4-8H2,2H3. The lowest BCUT2D eigenvalue weighted by Crippen LogP contribution is -2.37. The molecule has 0 radical (unpaired) electrons. The minimum atomic E-state index is 0.233. The normalized spacial score (nSPS) is 19.2. The lowest BCUT2D eigenvalue weighted by atomic mass is 9.99. The van der Waals surface area contributed by atoms with Crippen LogP contribution >= 0.6 is 0 Å². The first kappa shape index (κ1) is 9.30. The molecule has 0 saturated carbocycles. The molecule has 0 atom stereocenters. The van der Waals surface area contributed by atoms with Gasteiger partial charge in [0.05, 0.1) is 0 Å². The summed E-state index contributed by atoms with van der Waals surface area (Å²) in [5, 5.41) is 0. The van der Waals surface area contributed by atoms with Crippen LogP contribution in [0, 0.1) is 5.92 Å². The predicted octanol–water partition coefficient (Wildman–Crippen LogP) is 1.82. The molecule has 0 unspecified atom stereocenters. The molecule has 2 heteroatoms. The Morgan fingerprint density at radius 1 is 1.58 bits per heavy atom. The highest BCUT2D eigenvalue weighted by Crippen LogP contribution is 2.16. The summed E-state index contributed by atoms with van der Waals surface area (Å²) in [5.74, 6) is 1.02. The highest BCUT2D eigenvalue weighted by atomic mass is 16.2. The number of carbonyl (C=O) groups excluding carboxylic acids is 1. The fraction of sp³-hybridized carbons (Fsp3) is 0.700. The van der Waals surface area contributed by atoms with Crippen molar-refractivity contribution in [3.8, 4) is 0 Å². The van der Waals surface area contributed by atoms with Gasteiger partial charge in [0.15, 0.2) is 0 Å². The summed E-state index contributed by atoms with van der Waals surface area (Å²) in [7, 11) is 0. The van der Waals surface area contributed by atoms with E-state index in [0.717, 1.165) is 31.8 Å². The van der Waals surface area contributed by atoms with Crippen LogP contribution in [-0.4, -0.2) is 23.9 Å². The third-order valence-corrected chi connectivity index (χ3v) is 2.46. The Kier molecular flexibility index (Phi) is 3.32. The van der Waals surface area contributed by atoms with Crippen molar-refractivity contribution in [1.82, 2.24) is 4.90 Å². The van der Waals surface area contributed by atoms with Gasteiger partial charge in [-0.3, -0.25) is 4.79 Å². The van der Waals surface area contributed by atoms with Crippen molar-refractivity contribution in [3.05, 3.63) is 12.7 Å². The average molecular weight is 167 g/mol. The minimum absolute atomic E-state index is 0.233. The van der Waals surface area contributed by atoms with Gasteiger partial charge in [-0.25, -0.2) is 0 Å². The van der Waals surface area contributed by atoms with Gasteiger partial charge in [-0.2, -0.15) is 0 Å². The van der Waals surface area contributed by atoms with Gasteiger partial charge in [0.25, 0.3) is 0 Å². The fourth-order valence-electron chi connectivity index (χ4n) is 1.51. The van der Waals surface area contributed by atoms with Crippen molar-refractivity contribution in [2.45, 2.75) is 26.2 Å². The SMILES string of the molecule is C=CCC(=O)N1CCC(C)CC1. The first-order chi connectivity index (χ1) is 5.74. The lowest BCUT2D eigenvalue weighted by molar-refractivity contribution is -0.131. The quantitative estimate of drug-likeness (QED) is 0.574. The van der Waals surface area contributed by atoms with Crippen molar-refractivity contribution in [2.75, 3.05) is 13.1 Å². The maximum atomic E-state index is 11.4. The summed E-state index contributed by atoms with van der Waals surface area (Å²) in [6, 6.07) is 0. The Labute approximate surface area is 74.2 Å². The van der Waals surface area contributed by atoms with Crippen LogP contribution in [0.4, 0.5) is 0 Å². The summed E-state index contributed by atoms with van der Waals surface area (Å²) >= 11 is 0. The summed E-state index contributed by atoms with van der Waals surface area (Å²) in [6.07, 6.45) is 4.49. The lowest BCUT2D eigenvalue weighted by Gasteiger charge is -2.30. The first-order valence-corrected chi connectivity index (χ1v) is 4.62. The van der Waals surface area contributed by atoms with E-state index in [4.69, 9.17) is 0 Å². The molecule has 2 nitrogen and oxygen atoms in total. The molecule has 0 aromatic carbocycles. The predicted molar refractivity (Wildman–Crippen MR) is 49.8 cm³/mol. The second-order valence-electron chi connectivity index (χ2n) is 3.56. The number of nitrogens with zero attached hydrogens (tertiary/aromatic N) is 1. The van der Waals surface area contributed by atoms with Gasteiger partial charge in [-0.05, 0) is 18.8 Å². The number of hydrogen-bond acceptors (Lipinski definition) is 1. The van der Waals surface area contributed by atoms with Crippen LogP contribution in [0.5, 0.6) is 0 Å². The van der Waals surface area contributed by atoms with Crippen LogP contribution in [0.15, 0.2) is 12.7 Å². The van der Waals surface area contributed by atoms with Crippen LogP contribution in [0.1, 0.15) is 26.2 Å². The van der Waals surface area contributed by atoms with E-state index in [-0.39, 0.29) is 5.91 Å². The number of amides is 1. The molecule has 0 aromatic rings. The molecule has 0 N–H and O–H groups in total. The van der Waals surface area contributed by atoms with E-state index < -0.39 is 0 Å². The molecule has 1 amide bonds. The first-order valence-electron chi connectivity index (χ1n) is 4.62. The van der Waals surface area contributed by atoms with Gasteiger partial charge < -0.3 is 4.90 Å². The zero-order valence-corrected chi connectivity index (χ0v) is 7.75. The maximum absolute atomic E-state index is 11.4. The summed E-state index contributed by atoms with van der Waals surface area (Å²) < 4.78 is 0. The highest BCUT2D eigenvalue weighted by Gasteiger charge is 2.18. The number of rotatable bonds is 2. The average Bonchev–Trinajstić information content (AvgIpc) is 2.06. The van der Waals surface area contributed by atoms with Crippen LogP contribution < -0.4 is 0 Å². The molecule has 1 aliphatic rings.